The SMILES string of the molecule is CCn1cnc(S(=O)(=O)Nc2ccc(N)cc2OC)c1. The van der Waals surface area contributed by atoms with Gasteiger partial charge in [0.1, 0.15) is 5.75 Å². The lowest BCUT2D eigenvalue weighted by Crippen LogP contribution is -2.14. The lowest BCUT2D eigenvalue weighted by molar-refractivity contribution is 0.417. The van der Waals surface area contributed by atoms with Crippen LogP contribution in [0, 0.1) is 0 Å². The molecule has 0 spiro atoms. The lowest BCUT2D eigenvalue weighted by atomic mass is 10.2. The number of methoxy groups -OCH3 is 1. The number of nitrogens with one attached hydrogen (secondary N) is 1. The summed E-state index contributed by atoms with van der Waals surface area (Å²) in [6.07, 6.45) is 2.93. The smallest absolute Gasteiger partial charge is 0.281 e. The van der Waals surface area contributed by atoms with Crippen LogP contribution >= 0.6 is 0 Å². The quantitative estimate of drug-likeness (QED) is 0.810. The molecule has 108 valence electrons. The van der Waals surface area contributed by atoms with Crippen LogP contribution in [0.4, 0.5) is 11.4 Å². The summed E-state index contributed by atoms with van der Waals surface area (Å²) in [6.45, 7) is 2.54. The van der Waals surface area contributed by atoms with E-state index in [1.54, 1.807) is 22.8 Å². The average Bonchev–Trinajstić information content (AvgIpc) is 2.90. The number of sulfonamides is 1. The minimum absolute atomic E-state index is 0.0433. The van der Waals surface area contributed by atoms with Gasteiger partial charge in [0.25, 0.3) is 10.0 Å². The molecule has 0 unspecified atom stereocenters. The minimum atomic E-state index is -3.75. The topological polar surface area (TPSA) is 99.2 Å². The summed E-state index contributed by atoms with van der Waals surface area (Å²) in [7, 11) is -2.31. The molecule has 0 saturated heterocycles. The van der Waals surface area contributed by atoms with E-state index in [9.17, 15) is 8.42 Å². The summed E-state index contributed by atoms with van der Waals surface area (Å²) >= 11 is 0. The second-order valence-corrected chi connectivity index (χ2v) is 5.74. The molecule has 8 heteroatoms. The second kappa shape index (κ2) is 5.41. The van der Waals surface area contributed by atoms with Gasteiger partial charge in [0, 0.05) is 24.5 Å². The van der Waals surface area contributed by atoms with Gasteiger partial charge in [-0.05, 0) is 19.1 Å². The number of rotatable bonds is 5. The summed E-state index contributed by atoms with van der Waals surface area (Å²) < 4.78 is 33.6. The number of aromatic nitrogens is 2. The van der Waals surface area contributed by atoms with E-state index in [2.05, 4.69) is 9.71 Å². The van der Waals surface area contributed by atoms with Crippen LogP contribution in [0.5, 0.6) is 5.75 Å². The van der Waals surface area contributed by atoms with Crippen LogP contribution in [0.2, 0.25) is 0 Å². The molecule has 0 bridgehead atoms. The first-order valence-corrected chi connectivity index (χ1v) is 7.42. The molecule has 20 heavy (non-hydrogen) atoms. The fourth-order valence-corrected chi connectivity index (χ4v) is 2.66. The van der Waals surface area contributed by atoms with Crippen molar-refractivity contribution in [3.63, 3.8) is 0 Å². The van der Waals surface area contributed by atoms with Crippen molar-refractivity contribution in [3.05, 3.63) is 30.7 Å². The zero-order valence-corrected chi connectivity index (χ0v) is 12.0. The van der Waals surface area contributed by atoms with E-state index in [4.69, 9.17) is 10.5 Å². The van der Waals surface area contributed by atoms with Crippen LogP contribution in [-0.2, 0) is 16.6 Å². The van der Waals surface area contributed by atoms with Crippen molar-refractivity contribution in [2.45, 2.75) is 18.5 Å². The number of benzene rings is 1. The van der Waals surface area contributed by atoms with Gasteiger partial charge in [-0.1, -0.05) is 0 Å². The van der Waals surface area contributed by atoms with Crippen molar-refractivity contribution in [2.75, 3.05) is 17.6 Å². The Hall–Kier alpha value is -2.22. The van der Waals surface area contributed by atoms with E-state index in [0.717, 1.165) is 0 Å². The third-order valence-corrected chi connectivity index (χ3v) is 3.97. The van der Waals surface area contributed by atoms with E-state index in [0.29, 0.717) is 23.7 Å². The van der Waals surface area contributed by atoms with Gasteiger partial charge in [0.2, 0.25) is 0 Å². The molecular formula is C12H16N4O3S. The molecular weight excluding hydrogens is 280 g/mol. The van der Waals surface area contributed by atoms with E-state index < -0.39 is 10.0 Å². The fraction of sp³-hybridized carbons (Fsp3) is 0.250. The summed E-state index contributed by atoms with van der Waals surface area (Å²) in [4.78, 5) is 3.87. The normalized spacial score (nSPS) is 11.3. The third kappa shape index (κ3) is 2.85. The Balaban J connectivity index is 2.33. The van der Waals surface area contributed by atoms with Crippen LogP contribution < -0.4 is 15.2 Å². The number of hydrogen-bond donors (Lipinski definition) is 2. The van der Waals surface area contributed by atoms with Gasteiger partial charge in [-0.2, -0.15) is 8.42 Å². The summed E-state index contributed by atoms with van der Waals surface area (Å²) in [6, 6.07) is 4.68. The fourth-order valence-electron chi connectivity index (χ4n) is 1.64. The predicted molar refractivity (Wildman–Crippen MR) is 76.1 cm³/mol. The van der Waals surface area contributed by atoms with Crippen molar-refractivity contribution < 1.29 is 13.2 Å². The molecule has 0 amide bonds. The first-order chi connectivity index (χ1) is 9.46. The molecule has 0 fully saturated rings. The maximum absolute atomic E-state index is 12.2. The minimum Gasteiger partial charge on any atom is -0.494 e. The number of imidazole rings is 1. The molecule has 3 N–H and O–H groups in total. The Kier molecular flexibility index (Phi) is 3.84. The van der Waals surface area contributed by atoms with Crippen LogP contribution in [-0.4, -0.2) is 25.1 Å². The molecule has 0 aliphatic carbocycles. The van der Waals surface area contributed by atoms with Crippen LogP contribution in [0.1, 0.15) is 6.92 Å². The molecule has 0 radical (unpaired) electrons. The molecule has 7 nitrogen and oxygen atoms in total. The highest BCUT2D eigenvalue weighted by Gasteiger charge is 2.19. The largest absolute Gasteiger partial charge is 0.494 e. The zero-order chi connectivity index (χ0) is 14.8. The molecule has 1 aromatic heterocycles. The Morgan fingerprint density at radius 1 is 1.45 bits per heavy atom. The van der Waals surface area contributed by atoms with E-state index in [1.807, 2.05) is 6.92 Å². The Morgan fingerprint density at radius 2 is 2.20 bits per heavy atom. The summed E-state index contributed by atoms with van der Waals surface area (Å²) in [5.41, 5.74) is 6.43. The van der Waals surface area contributed by atoms with Crippen LogP contribution in [0.15, 0.2) is 35.7 Å². The van der Waals surface area contributed by atoms with Crippen molar-refractivity contribution in [1.82, 2.24) is 9.55 Å². The molecule has 0 aliphatic rings. The first-order valence-electron chi connectivity index (χ1n) is 5.94. The predicted octanol–water partition coefficient (Wildman–Crippen LogP) is 1.29. The Morgan fingerprint density at radius 3 is 2.80 bits per heavy atom. The number of nitrogens with two attached hydrogens (primary N) is 1. The zero-order valence-electron chi connectivity index (χ0n) is 11.2. The molecule has 0 saturated carbocycles. The van der Waals surface area contributed by atoms with Gasteiger partial charge in [0.05, 0.1) is 19.1 Å². The Bertz CT molecular complexity index is 709. The maximum atomic E-state index is 12.2. The van der Waals surface area contributed by atoms with E-state index in [1.165, 1.54) is 19.6 Å². The van der Waals surface area contributed by atoms with Crippen LogP contribution in [0.25, 0.3) is 0 Å². The number of anilines is 2. The van der Waals surface area contributed by atoms with Crippen molar-refractivity contribution in [2.24, 2.45) is 0 Å². The van der Waals surface area contributed by atoms with Crippen molar-refractivity contribution in [3.8, 4) is 5.75 Å². The van der Waals surface area contributed by atoms with Crippen molar-refractivity contribution >= 4 is 21.4 Å². The number of aryl methyl sites for hydroxylation is 1. The number of nitrogen functional groups attached to an aromatic ring is 1. The van der Waals surface area contributed by atoms with Gasteiger partial charge in [-0.15, -0.1) is 0 Å². The lowest BCUT2D eigenvalue weighted by Gasteiger charge is -2.11. The highest BCUT2D eigenvalue weighted by atomic mass is 32.2. The number of ether oxygens (including phenoxy) is 1. The third-order valence-electron chi connectivity index (χ3n) is 2.72. The highest BCUT2D eigenvalue weighted by molar-refractivity contribution is 7.92. The highest BCUT2D eigenvalue weighted by Crippen LogP contribution is 2.28. The second-order valence-electron chi connectivity index (χ2n) is 4.11. The molecule has 0 aliphatic heterocycles. The summed E-state index contributed by atoms with van der Waals surface area (Å²) in [5, 5.41) is -0.0433. The van der Waals surface area contributed by atoms with Crippen LogP contribution in [0.3, 0.4) is 0 Å². The summed E-state index contributed by atoms with van der Waals surface area (Å²) in [5.74, 6) is 0.350. The van der Waals surface area contributed by atoms with Gasteiger partial charge in [-0.25, -0.2) is 4.98 Å². The molecule has 1 aromatic carbocycles. The van der Waals surface area contributed by atoms with E-state index in [-0.39, 0.29) is 5.03 Å². The first kappa shape index (κ1) is 14.2. The maximum Gasteiger partial charge on any atom is 0.281 e. The number of hydrogen-bond acceptors (Lipinski definition) is 5. The van der Waals surface area contributed by atoms with E-state index >= 15 is 0 Å². The van der Waals surface area contributed by atoms with Gasteiger partial charge < -0.3 is 15.0 Å². The molecule has 1 heterocycles. The Labute approximate surface area is 117 Å². The monoisotopic (exact) mass is 296 g/mol. The van der Waals surface area contributed by atoms with Gasteiger partial charge >= 0.3 is 0 Å². The standard InChI is InChI=1S/C12H16N4O3S/c1-3-16-7-12(14-8-16)20(17,18)15-10-5-4-9(13)6-11(10)19-2/h4-8,15H,3,13H2,1-2H3. The molecule has 2 rings (SSSR count). The molecule has 0 atom stereocenters. The van der Waals surface area contributed by atoms with Gasteiger partial charge in [0.15, 0.2) is 5.03 Å². The molecule has 2 aromatic rings. The number of nitrogens with zero attached hydrogens (tertiary/aromatic N) is 2. The van der Waals surface area contributed by atoms with Gasteiger partial charge in [-0.3, -0.25) is 4.72 Å². The average molecular weight is 296 g/mol. The van der Waals surface area contributed by atoms with Crippen molar-refractivity contribution in [1.29, 1.82) is 0 Å².